The predicted molar refractivity (Wildman–Crippen MR) is 423 cm³/mol. The SMILES string of the molecule is COC(=O)[C@H](Cc1ccc(F)cc1)NC(=O)c1nn(C2CCCCC2)c2c1CCCCC2Cc1ccc(F)cc1.C[C@H](NC(=O)c1nn(C2CCCCC2)c2c1CCCCC2Cc1ccc(F)cc1)c1ccccc1.O=C(NCc1ccc(C(F)(F)F)cc1)c1nn(C2CCCCC2)c2c1CCCCC2Cc1ccc(F)cc1. The lowest BCUT2D eigenvalue weighted by Gasteiger charge is -2.27. The molecule has 6 aliphatic rings. The van der Waals surface area contributed by atoms with Gasteiger partial charge in [-0.25, -0.2) is 22.4 Å². The van der Waals surface area contributed by atoms with E-state index in [2.05, 4.69) is 30.0 Å². The number of esters is 1. The van der Waals surface area contributed by atoms with Gasteiger partial charge in [-0.05, 0) is 217 Å². The molecule has 3 aromatic heterocycles. The Labute approximate surface area is 658 Å². The molecule has 15 rings (SSSR count). The first kappa shape index (κ1) is 81.4. The highest BCUT2D eigenvalue weighted by molar-refractivity contribution is 5.97. The van der Waals surface area contributed by atoms with Crippen LogP contribution < -0.4 is 16.0 Å². The lowest BCUT2D eigenvalue weighted by molar-refractivity contribution is -0.143. The van der Waals surface area contributed by atoms with Crippen LogP contribution in [0.5, 0.6) is 0 Å². The third kappa shape index (κ3) is 20.8. The average Bonchev–Trinajstić information content (AvgIpc) is 1.63. The van der Waals surface area contributed by atoms with Crippen molar-refractivity contribution in [1.29, 1.82) is 0 Å². The molecule has 113 heavy (non-hydrogen) atoms. The Balaban J connectivity index is 0.000000148. The van der Waals surface area contributed by atoms with E-state index in [1.807, 2.05) is 73.7 Å². The second-order valence-corrected chi connectivity index (χ2v) is 32.0. The third-order valence-electron chi connectivity index (χ3n) is 24.1. The van der Waals surface area contributed by atoms with Crippen LogP contribution in [0.2, 0.25) is 0 Å². The summed E-state index contributed by atoms with van der Waals surface area (Å²) in [5.74, 6) is -1.77. The highest BCUT2D eigenvalue weighted by atomic mass is 19.4. The number of nitrogens with zero attached hydrogens (tertiary/aromatic N) is 6. The van der Waals surface area contributed by atoms with Gasteiger partial charge in [0.1, 0.15) is 29.3 Å². The molecule has 0 bridgehead atoms. The molecule has 3 unspecified atom stereocenters. The quantitative estimate of drug-likeness (QED) is 0.0385. The summed E-state index contributed by atoms with van der Waals surface area (Å²) in [6.07, 6.45) is 26.8. The summed E-state index contributed by atoms with van der Waals surface area (Å²) in [5.41, 5.74) is 13.0. The van der Waals surface area contributed by atoms with Crippen molar-refractivity contribution in [3.05, 3.63) is 265 Å². The first-order valence-corrected chi connectivity index (χ1v) is 41.3. The van der Waals surface area contributed by atoms with Crippen molar-refractivity contribution >= 4 is 23.7 Å². The summed E-state index contributed by atoms with van der Waals surface area (Å²) >= 11 is 0. The number of ether oxygens (including phenoxy) is 1. The number of amides is 3. The number of nitrogens with one attached hydrogen (secondary N) is 3. The van der Waals surface area contributed by atoms with E-state index < -0.39 is 29.7 Å². The zero-order valence-electron chi connectivity index (χ0n) is 65.1. The fraction of sp³-hybridized carbons (Fsp3) is 0.467. The highest BCUT2D eigenvalue weighted by Crippen LogP contribution is 2.44. The van der Waals surface area contributed by atoms with Crippen LogP contribution in [0.3, 0.4) is 0 Å². The number of aromatic nitrogens is 6. The average molecular weight is 1550 g/mol. The van der Waals surface area contributed by atoms with Crippen LogP contribution in [0, 0.1) is 23.3 Å². The monoisotopic (exact) mass is 1550 g/mol. The van der Waals surface area contributed by atoms with Gasteiger partial charge in [-0.1, -0.05) is 168 Å². The van der Waals surface area contributed by atoms with Gasteiger partial charge < -0.3 is 20.7 Å². The summed E-state index contributed by atoms with van der Waals surface area (Å²) in [6.45, 7) is 2.16. The fourth-order valence-corrected chi connectivity index (χ4v) is 18.2. The Hall–Kier alpha value is -9.66. The van der Waals surface area contributed by atoms with E-state index in [1.54, 1.807) is 24.3 Å². The number of carbonyl (C=O) groups excluding carboxylic acids is 4. The van der Waals surface area contributed by atoms with Crippen molar-refractivity contribution in [2.45, 2.75) is 267 Å². The number of alkyl halides is 3. The number of halogens is 7. The molecule has 21 heteroatoms. The fourth-order valence-electron chi connectivity index (χ4n) is 18.2. The van der Waals surface area contributed by atoms with Gasteiger partial charge in [0.25, 0.3) is 17.7 Å². The summed E-state index contributed by atoms with van der Waals surface area (Å²) in [5, 5.41) is 23.9. The van der Waals surface area contributed by atoms with Gasteiger partial charge in [0.2, 0.25) is 0 Å². The molecular formula is C92H106F7N9O5. The maximum atomic E-state index is 13.8. The molecule has 0 radical (unpaired) electrons. The maximum Gasteiger partial charge on any atom is 0.416 e. The maximum absolute atomic E-state index is 13.8. The number of hydrogen-bond donors (Lipinski definition) is 3. The Kier molecular flexibility index (Phi) is 27.7. The zero-order valence-corrected chi connectivity index (χ0v) is 65.1. The van der Waals surface area contributed by atoms with Crippen LogP contribution in [0.4, 0.5) is 30.7 Å². The molecule has 9 aromatic rings. The number of methoxy groups -OCH3 is 1. The first-order chi connectivity index (χ1) is 54.8. The van der Waals surface area contributed by atoms with E-state index in [-0.39, 0.29) is 78.0 Å². The Bertz CT molecular complexity index is 4620. The van der Waals surface area contributed by atoms with Crippen LogP contribution in [0.15, 0.2) is 152 Å². The summed E-state index contributed by atoms with van der Waals surface area (Å²) < 4.78 is 104. The standard InChI is InChI=1S/C32H37F2N3O3.C30H33F4N3O.C30H36FN3O/c1-40-32(39)28(20-22-13-17-25(34)18-14-22)35-31(38)29-27-10-6-5-7-23(19-21-11-15-24(33)16-12-21)30(27)37(36-29)26-8-3-2-4-9-26;31-24-16-12-20(13-17-24)18-22-6-4-5-9-26-27(36-37(28(22)26)25-7-2-1-3-8-25)29(38)35-19-21-10-14-23(15-11-21)30(32,33)34;1-21(23-10-4-2-5-11-23)32-30(35)28-27-15-9-8-12-24(20-22-16-18-25(31)19-17-22)29(27)34(33-28)26-13-6-3-7-14-26/h11-18,23,26,28H,2-10,19-20H2,1H3,(H,35,38);10-17,22,25H,1-9,18-19H2,(H,35,38);2,4-5,10-11,16-19,21,24,26H,3,6-9,12-15,20H2,1H3,(H,32,35)/t23?,28-;;21-,24?/m0.0/s1. The van der Waals surface area contributed by atoms with Crippen molar-refractivity contribution < 1.29 is 54.6 Å². The Morgan fingerprint density at radius 2 is 0.752 bits per heavy atom. The minimum atomic E-state index is -4.39. The zero-order chi connectivity index (χ0) is 79.0. The second-order valence-electron chi connectivity index (χ2n) is 32.0. The molecule has 0 aliphatic heterocycles. The number of carbonyl (C=O) groups is 4. The molecule has 14 nitrogen and oxygen atoms in total. The molecule has 3 N–H and O–H groups in total. The van der Waals surface area contributed by atoms with E-state index in [0.29, 0.717) is 40.2 Å². The van der Waals surface area contributed by atoms with Crippen LogP contribution in [0.25, 0.3) is 0 Å². The van der Waals surface area contributed by atoms with E-state index in [0.717, 1.165) is 223 Å². The molecule has 3 amide bonds. The van der Waals surface area contributed by atoms with Crippen molar-refractivity contribution in [3.8, 4) is 0 Å². The molecule has 6 aliphatic carbocycles. The summed E-state index contributed by atoms with van der Waals surface area (Å²) in [6, 6.07) is 40.8. The smallest absolute Gasteiger partial charge is 0.416 e. The highest BCUT2D eigenvalue weighted by Gasteiger charge is 2.38. The van der Waals surface area contributed by atoms with E-state index >= 15 is 0 Å². The lowest BCUT2D eigenvalue weighted by Crippen LogP contribution is -2.43. The van der Waals surface area contributed by atoms with Crippen molar-refractivity contribution in [2.75, 3.05) is 7.11 Å². The predicted octanol–water partition coefficient (Wildman–Crippen LogP) is 20.8. The summed E-state index contributed by atoms with van der Waals surface area (Å²) in [4.78, 5) is 53.5. The van der Waals surface area contributed by atoms with Gasteiger partial charge in [-0.15, -0.1) is 0 Å². The van der Waals surface area contributed by atoms with Crippen LogP contribution in [0.1, 0.15) is 307 Å². The number of benzene rings is 6. The van der Waals surface area contributed by atoms with Crippen LogP contribution in [-0.4, -0.2) is 66.2 Å². The normalized spacial score (nSPS) is 18.8. The Morgan fingerprint density at radius 1 is 0.416 bits per heavy atom. The lowest BCUT2D eigenvalue weighted by atomic mass is 9.89. The molecular weight excluding hydrogens is 1440 g/mol. The van der Waals surface area contributed by atoms with E-state index in [4.69, 9.17) is 20.0 Å². The molecule has 0 spiro atoms. The van der Waals surface area contributed by atoms with Crippen LogP contribution in [-0.2, 0) is 67.2 Å². The molecule has 0 saturated heterocycles. The molecule has 598 valence electrons. The van der Waals surface area contributed by atoms with E-state index in [9.17, 15) is 49.9 Å². The second kappa shape index (κ2) is 38.4. The van der Waals surface area contributed by atoms with Gasteiger partial charge in [0, 0.05) is 64.5 Å². The molecule has 6 aromatic carbocycles. The topological polar surface area (TPSA) is 167 Å². The third-order valence-corrected chi connectivity index (χ3v) is 24.1. The van der Waals surface area contributed by atoms with Crippen molar-refractivity contribution in [2.24, 2.45) is 0 Å². The van der Waals surface area contributed by atoms with Crippen LogP contribution >= 0.6 is 0 Å². The largest absolute Gasteiger partial charge is 0.467 e. The number of rotatable bonds is 20. The van der Waals surface area contributed by atoms with Crippen molar-refractivity contribution in [1.82, 2.24) is 45.3 Å². The van der Waals surface area contributed by atoms with Gasteiger partial charge in [0.15, 0.2) is 17.1 Å². The Morgan fingerprint density at radius 3 is 1.12 bits per heavy atom. The number of hydrogen-bond acceptors (Lipinski definition) is 8. The molecule has 3 heterocycles. The molecule has 3 saturated carbocycles. The first-order valence-electron chi connectivity index (χ1n) is 41.3. The molecule has 5 atom stereocenters. The minimum Gasteiger partial charge on any atom is -0.467 e. The summed E-state index contributed by atoms with van der Waals surface area (Å²) in [7, 11) is 1.29. The van der Waals surface area contributed by atoms with Gasteiger partial charge >= 0.3 is 12.1 Å². The van der Waals surface area contributed by atoms with Crippen molar-refractivity contribution in [3.63, 3.8) is 0 Å². The van der Waals surface area contributed by atoms with Gasteiger partial charge in [-0.3, -0.25) is 28.4 Å². The van der Waals surface area contributed by atoms with Gasteiger partial charge in [-0.2, -0.15) is 28.5 Å². The van der Waals surface area contributed by atoms with E-state index in [1.165, 1.54) is 93.4 Å². The minimum absolute atomic E-state index is 0.0744. The molecule has 3 fully saturated rings. The number of fused-ring (bicyclic) bond motifs is 3. The van der Waals surface area contributed by atoms with Gasteiger partial charge in [0.05, 0.1) is 36.8 Å².